The summed E-state index contributed by atoms with van der Waals surface area (Å²) in [5.41, 5.74) is 4.36. The van der Waals surface area contributed by atoms with Crippen molar-refractivity contribution >= 4 is 0 Å². The lowest BCUT2D eigenvalue weighted by atomic mass is 9.86. The van der Waals surface area contributed by atoms with Gasteiger partial charge in [-0.1, -0.05) is 41.5 Å². The van der Waals surface area contributed by atoms with Crippen LogP contribution in [0.15, 0.2) is 30.5 Å². The maximum atomic E-state index is 9.25. The van der Waals surface area contributed by atoms with Gasteiger partial charge in [-0.15, -0.1) is 0 Å². The van der Waals surface area contributed by atoms with Crippen LogP contribution in [0.1, 0.15) is 58.5 Å². The zero-order valence-electron chi connectivity index (χ0n) is 14.2. The van der Waals surface area contributed by atoms with Crippen molar-refractivity contribution < 1.29 is 0 Å². The first-order chi connectivity index (χ1) is 10.1. The van der Waals surface area contributed by atoms with Gasteiger partial charge in [0.15, 0.2) is 0 Å². The van der Waals surface area contributed by atoms with E-state index in [1.807, 2.05) is 24.4 Å². The average Bonchev–Trinajstić information content (AvgIpc) is 2.45. The summed E-state index contributed by atoms with van der Waals surface area (Å²) in [6.07, 6.45) is 1.83. The van der Waals surface area contributed by atoms with Gasteiger partial charge in [-0.2, -0.15) is 5.26 Å². The van der Waals surface area contributed by atoms with Crippen molar-refractivity contribution in [1.82, 2.24) is 9.97 Å². The van der Waals surface area contributed by atoms with Crippen LogP contribution in [0.3, 0.4) is 0 Å². The van der Waals surface area contributed by atoms with Gasteiger partial charge in [-0.3, -0.25) is 4.98 Å². The summed E-state index contributed by atoms with van der Waals surface area (Å²) in [6, 6.07) is 10.1. The van der Waals surface area contributed by atoms with Gasteiger partial charge >= 0.3 is 0 Å². The second-order valence-corrected chi connectivity index (χ2v) is 7.67. The number of aromatic nitrogens is 2. The number of nitriles is 1. The van der Waals surface area contributed by atoms with Crippen LogP contribution in [-0.2, 0) is 10.8 Å². The molecule has 114 valence electrons. The quantitative estimate of drug-likeness (QED) is 0.771. The van der Waals surface area contributed by atoms with Crippen molar-refractivity contribution in [2.45, 2.75) is 52.4 Å². The molecule has 0 N–H and O–H groups in total. The minimum atomic E-state index is -0.108. The van der Waals surface area contributed by atoms with Crippen molar-refractivity contribution in [2.24, 2.45) is 0 Å². The molecule has 2 heterocycles. The SMILES string of the molecule is CC(C)(C)c1ccnc(-c2cc(C#N)nc(C(C)(C)C)c2)c1. The summed E-state index contributed by atoms with van der Waals surface area (Å²) >= 11 is 0. The van der Waals surface area contributed by atoms with E-state index in [9.17, 15) is 5.26 Å². The summed E-state index contributed by atoms with van der Waals surface area (Å²) in [6.45, 7) is 12.8. The highest BCUT2D eigenvalue weighted by Crippen LogP contribution is 2.29. The standard InChI is InChI=1S/C19H23N3/c1-18(2,3)14-7-8-21-16(11-14)13-9-15(12-20)22-17(10-13)19(4,5)6/h7-11H,1-6H3. The highest BCUT2D eigenvalue weighted by molar-refractivity contribution is 5.62. The molecule has 0 aliphatic heterocycles. The second kappa shape index (κ2) is 5.53. The molecule has 3 nitrogen and oxygen atoms in total. The van der Waals surface area contributed by atoms with Crippen LogP contribution in [0.2, 0.25) is 0 Å². The average molecular weight is 293 g/mol. The van der Waals surface area contributed by atoms with Crippen molar-refractivity contribution in [3.05, 3.63) is 47.4 Å². The Hall–Kier alpha value is -2.21. The molecular formula is C19H23N3. The van der Waals surface area contributed by atoms with Crippen molar-refractivity contribution in [2.75, 3.05) is 0 Å². The van der Waals surface area contributed by atoms with Crippen molar-refractivity contribution in [1.29, 1.82) is 5.26 Å². The van der Waals surface area contributed by atoms with Crippen LogP contribution in [0.4, 0.5) is 0 Å². The van der Waals surface area contributed by atoms with Gasteiger partial charge in [0.05, 0.1) is 5.69 Å². The van der Waals surface area contributed by atoms with Gasteiger partial charge in [0.25, 0.3) is 0 Å². The monoisotopic (exact) mass is 293 g/mol. The first kappa shape index (κ1) is 16.2. The molecule has 0 aromatic carbocycles. The molecule has 0 bridgehead atoms. The van der Waals surface area contributed by atoms with E-state index < -0.39 is 0 Å². The number of rotatable bonds is 1. The fraction of sp³-hybridized carbons (Fsp3) is 0.421. The first-order valence-corrected chi connectivity index (χ1v) is 7.51. The largest absolute Gasteiger partial charge is 0.256 e. The predicted molar refractivity (Wildman–Crippen MR) is 89.6 cm³/mol. The summed E-state index contributed by atoms with van der Waals surface area (Å²) in [7, 11) is 0. The van der Waals surface area contributed by atoms with Gasteiger partial charge in [0.1, 0.15) is 11.8 Å². The number of nitrogens with zero attached hydrogens (tertiary/aromatic N) is 3. The fourth-order valence-corrected chi connectivity index (χ4v) is 2.17. The first-order valence-electron chi connectivity index (χ1n) is 7.51. The lowest BCUT2D eigenvalue weighted by molar-refractivity contribution is 0.568. The normalized spacial score (nSPS) is 12.0. The molecule has 0 unspecified atom stereocenters. The van der Waals surface area contributed by atoms with Crippen molar-refractivity contribution in [3.63, 3.8) is 0 Å². The summed E-state index contributed by atoms with van der Waals surface area (Å²) in [5, 5.41) is 9.25. The molecule has 0 atom stereocenters. The van der Waals surface area contributed by atoms with Crippen molar-refractivity contribution in [3.8, 4) is 17.3 Å². The molecule has 2 aromatic rings. The van der Waals surface area contributed by atoms with Gasteiger partial charge in [0, 0.05) is 22.9 Å². The van der Waals surface area contributed by atoms with Crippen LogP contribution in [0.25, 0.3) is 11.3 Å². The molecule has 2 rings (SSSR count). The van der Waals surface area contributed by atoms with Gasteiger partial charge in [-0.25, -0.2) is 4.98 Å². The molecule has 0 amide bonds. The van der Waals surface area contributed by atoms with E-state index in [0.29, 0.717) is 5.69 Å². The molecule has 0 saturated heterocycles. The molecule has 0 aliphatic carbocycles. The number of hydrogen-bond donors (Lipinski definition) is 0. The minimum absolute atomic E-state index is 0.0651. The predicted octanol–water partition coefficient (Wildman–Crippen LogP) is 4.61. The maximum Gasteiger partial charge on any atom is 0.141 e. The number of hydrogen-bond acceptors (Lipinski definition) is 3. The Morgan fingerprint density at radius 3 is 2.18 bits per heavy atom. The molecule has 0 aliphatic rings. The summed E-state index contributed by atoms with van der Waals surface area (Å²) < 4.78 is 0. The Bertz CT molecular complexity index is 726. The Kier molecular flexibility index (Phi) is 4.06. The smallest absolute Gasteiger partial charge is 0.141 e. The Balaban J connectivity index is 2.61. The molecule has 22 heavy (non-hydrogen) atoms. The third kappa shape index (κ3) is 3.51. The zero-order chi connectivity index (χ0) is 16.5. The van der Waals surface area contributed by atoms with Crippen LogP contribution in [-0.4, -0.2) is 9.97 Å². The van der Waals surface area contributed by atoms with E-state index >= 15 is 0 Å². The molecule has 3 heteroatoms. The second-order valence-electron chi connectivity index (χ2n) is 7.67. The molecule has 0 saturated carbocycles. The van der Waals surface area contributed by atoms with E-state index in [1.165, 1.54) is 5.56 Å². The molecule has 2 aromatic heterocycles. The number of pyridine rings is 2. The highest BCUT2D eigenvalue weighted by Gasteiger charge is 2.19. The van der Waals surface area contributed by atoms with E-state index in [4.69, 9.17) is 0 Å². The van der Waals surface area contributed by atoms with Crippen LogP contribution in [0, 0.1) is 11.3 Å². The van der Waals surface area contributed by atoms with Crippen LogP contribution < -0.4 is 0 Å². The fourth-order valence-electron chi connectivity index (χ4n) is 2.17. The van der Waals surface area contributed by atoms with Gasteiger partial charge < -0.3 is 0 Å². The van der Waals surface area contributed by atoms with Gasteiger partial charge in [-0.05, 0) is 35.2 Å². The van der Waals surface area contributed by atoms with E-state index in [2.05, 4.69) is 63.6 Å². The van der Waals surface area contributed by atoms with Crippen LogP contribution in [0.5, 0.6) is 0 Å². The molecule has 0 spiro atoms. The van der Waals surface area contributed by atoms with Crippen LogP contribution >= 0.6 is 0 Å². The summed E-state index contributed by atoms with van der Waals surface area (Å²) in [4.78, 5) is 8.92. The Labute approximate surface area is 133 Å². The highest BCUT2D eigenvalue weighted by atomic mass is 14.7. The zero-order valence-corrected chi connectivity index (χ0v) is 14.2. The van der Waals surface area contributed by atoms with Gasteiger partial charge in [0.2, 0.25) is 0 Å². The Morgan fingerprint density at radius 2 is 1.64 bits per heavy atom. The lowest BCUT2D eigenvalue weighted by Crippen LogP contribution is -2.14. The topological polar surface area (TPSA) is 49.6 Å². The van der Waals surface area contributed by atoms with E-state index in [0.717, 1.165) is 17.0 Å². The minimum Gasteiger partial charge on any atom is -0.256 e. The van der Waals surface area contributed by atoms with E-state index in [1.54, 1.807) is 0 Å². The lowest BCUT2D eigenvalue weighted by Gasteiger charge is -2.21. The molecule has 0 radical (unpaired) electrons. The molecular weight excluding hydrogens is 270 g/mol. The summed E-state index contributed by atoms with van der Waals surface area (Å²) in [5.74, 6) is 0. The maximum absolute atomic E-state index is 9.25. The molecule has 0 fully saturated rings. The third-order valence-corrected chi connectivity index (χ3v) is 3.63. The van der Waals surface area contributed by atoms with E-state index in [-0.39, 0.29) is 10.8 Å². The third-order valence-electron chi connectivity index (χ3n) is 3.63. The Morgan fingerprint density at radius 1 is 0.955 bits per heavy atom.